The monoisotopic (exact) mass is 260 g/mol. The Kier molecular flexibility index (Phi) is 3.34. The van der Waals surface area contributed by atoms with Crippen LogP contribution in [0.5, 0.6) is 0 Å². The molecule has 0 saturated carbocycles. The van der Waals surface area contributed by atoms with Crippen molar-refractivity contribution in [1.82, 2.24) is 10.2 Å². The summed E-state index contributed by atoms with van der Waals surface area (Å²) in [6.07, 6.45) is 1.45. The van der Waals surface area contributed by atoms with E-state index in [2.05, 4.69) is 15.5 Å². The van der Waals surface area contributed by atoms with Crippen LogP contribution in [0.4, 0.5) is 6.01 Å². The van der Waals surface area contributed by atoms with Crippen LogP contribution in [0.3, 0.4) is 0 Å². The molecular weight excluding hydrogens is 244 g/mol. The Hall–Kier alpha value is -1.15. The third-order valence-electron chi connectivity index (χ3n) is 2.62. The maximum absolute atomic E-state index is 11.4. The summed E-state index contributed by atoms with van der Waals surface area (Å²) in [6.45, 7) is 1.74. The quantitative estimate of drug-likeness (QED) is 0.791. The summed E-state index contributed by atoms with van der Waals surface area (Å²) in [4.78, 5) is 0. The molecule has 2 heterocycles. The SMILES string of the molecule is CC(N)c1nnc(NC2CCCS(=O)(=O)C2)o1. The van der Waals surface area contributed by atoms with Gasteiger partial charge in [-0.25, -0.2) is 8.42 Å². The minimum atomic E-state index is -2.94. The fourth-order valence-corrected chi connectivity index (χ4v) is 3.42. The van der Waals surface area contributed by atoms with Gasteiger partial charge in [-0.15, -0.1) is 5.10 Å². The smallest absolute Gasteiger partial charge is 0.315 e. The molecule has 3 N–H and O–H groups in total. The summed E-state index contributed by atoms with van der Waals surface area (Å²) < 4.78 is 28.1. The second-order valence-corrected chi connectivity index (χ2v) is 6.56. The van der Waals surface area contributed by atoms with Gasteiger partial charge in [-0.3, -0.25) is 0 Å². The molecule has 17 heavy (non-hydrogen) atoms. The second kappa shape index (κ2) is 4.61. The van der Waals surface area contributed by atoms with Gasteiger partial charge < -0.3 is 15.5 Å². The van der Waals surface area contributed by atoms with Crippen LogP contribution >= 0.6 is 0 Å². The first kappa shape index (κ1) is 12.3. The Morgan fingerprint density at radius 3 is 2.88 bits per heavy atom. The highest BCUT2D eigenvalue weighted by molar-refractivity contribution is 7.91. The van der Waals surface area contributed by atoms with Gasteiger partial charge in [0, 0.05) is 6.04 Å². The molecule has 0 amide bonds. The molecule has 1 aliphatic heterocycles. The molecule has 2 unspecified atom stereocenters. The van der Waals surface area contributed by atoms with E-state index in [-0.39, 0.29) is 29.6 Å². The topological polar surface area (TPSA) is 111 Å². The van der Waals surface area contributed by atoms with E-state index in [9.17, 15) is 8.42 Å². The molecule has 1 saturated heterocycles. The zero-order chi connectivity index (χ0) is 12.5. The van der Waals surface area contributed by atoms with Gasteiger partial charge in [0.15, 0.2) is 9.84 Å². The average Bonchev–Trinajstić information content (AvgIpc) is 2.64. The highest BCUT2D eigenvalue weighted by Crippen LogP contribution is 2.18. The lowest BCUT2D eigenvalue weighted by Crippen LogP contribution is -2.34. The number of nitrogens with zero attached hydrogens (tertiary/aromatic N) is 2. The van der Waals surface area contributed by atoms with Gasteiger partial charge in [0.2, 0.25) is 5.89 Å². The predicted octanol–water partition coefficient (Wildman–Crippen LogP) is 0.0784. The number of hydrogen-bond acceptors (Lipinski definition) is 7. The van der Waals surface area contributed by atoms with Gasteiger partial charge in [0.05, 0.1) is 17.5 Å². The van der Waals surface area contributed by atoms with Crippen LogP contribution in [0.25, 0.3) is 0 Å². The molecule has 96 valence electrons. The first-order chi connectivity index (χ1) is 7.96. The molecule has 1 aromatic rings. The summed E-state index contributed by atoms with van der Waals surface area (Å²) >= 11 is 0. The first-order valence-electron chi connectivity index (χ1n) is 5.52. The maximum atomic E-state index is 11.4. The molecule has 0 aliphatic carbocycles. The van der Waals surface area contributed by atoms with Crippen LogP contribution in [-0.4, -0.2) is 36.2 Å². The average molecular weight is 260 g/mol. The number of aromatic nitrogens is 2. The van der Waals surface area contributed by atoms with E-state index in [0.29, 0.717) is 12.3 Å². The van der Waals surface area contributed by atoms with E-state index < -0.39 is 9.84 Å². The van der Waals surface area contributed by atoms with Gasteiger partial charge in [-0.2, -0.15) is 0 Å². The van der Waals surface area contributed by atoms with Crippen LogP contribution in [0, 0.1) is 0 Å². The fourth-order valence-electron chi connectivity index (χ4n) is 1.79. The van der Waals surface area contributed by atoms with Crippen LogP contribution in [0.2, 0.25) is 0 Å². The molecule has 0 aromatic carbocycles. The zero-order valence-corrected chi connectivity index (χ0v) is 10.4. The van der Waals surface area contributed by atoms with Gasteiger partial charge in [0.25, 0.3) is 0 Å². The van der Waals surface area contributed by atoms with Crippen molar-refractivity contribution in [2.24, 2.45) is 5.73 Å². The van der Waals surface area contributed by atoms with Crippen LogP contribution in [0.15, 0.2) is 4.42 Å². The number of sulfone groups is 1. The van der Waals surface area contributed by atoms with Gasteiger partial charge in [-0.05, 0) is 19.8 Å². The summed E-state index contributed by atoms with van der Waals surface area (Å²) in [7, 11) is -2.94. The normalized spacial score (nSPS) is 25.4. The standard InChI is InChI=1S/C9H16N4O3S/c1-6(10)8-12-13-9(16-8)11-7-3-2-4-17(14,15)5-7/h6-7H,2-5,10H2,1H3,(H,11,13). The predicted molar refractivity (Wildman–Crippen MR) is 62.2 cm³/mol. The zero-order valence-electron chi connectivity index (χ0n) is 9.59. The molecule has 7 nitrogen and oxygen atoms in total. The highest BCUT2D eigenvalue weighted by Gasteiger charge is 2.25. The Labute approximate surface area is 99.7 Å². The van der Waals surface area contributed by atoms with Crippen molar-refractivity contribution in [3.63, 3.8) is 0 Å². The molecule has 8 heteroatoms. The summed E-state index contributed by atoms with van der Waals surface area (Å²) in [5, 5.41) is 10.5. The van der Waals surface area contributed by atoms with E-state index in [1.54, 1.807) is 6.92 Å². The van der Waals surface area contributed by atoms with Crippen LogP contribution < -0.4 is 11.1 Å². The van der Waals surface area contributed by atoms with E-state index in [4.69, 9.17) is 10.2 Å². The van der Waals surface area contributed by atoms with E-state index in [1.165, 1.54) is 0 Å². The maximum Gasteiger partial charge on any atom is 0.315 e. The van der Waals surface area contributed by atoms with Crippen molar-refractivity contribution in [2.75, 3.05) is 16.8 Å². The lowest BCUT2D eigenvalue weighted by molar-refractivity contribution is 0.466. The van der Waals surface area contributed by atoms with Crippen molar-refractivity contribution in [1.29, 1.82) is 0 Å². The molecular formula is C9H16N4O3S. The van der Waals surface area contributed by atoms with Crippen molar-refractivity contribution in [3.8, 4) is 0 Å². The molecule has 2 rings (SSSR count). The number of hydrogen-bond donors (Lipinski definition) is 2. The lowest BCUT2D eigenvalue weighted by atomic mass is 10.2. The molecule has 0 radical (unpaired) electrons. The van der Waals surface area contributed by atoms with Crippen LogP contribution in [-0.2, 0) is 9.84 Å². The van der Waals surface area contributed by atoms with Gasteiger partial charge in [-0.1, -0.05) is 5.10 Å². The Morgan fingerprint density at radius 1 is 1.53 bits per heavy atom. The Balaban J connectivity index is 2.00. The Morgan fingerprint density at radius 2 is 2.29 bits per heavy atom. The molecule has 1 aliphatic rings. The minimum absolute atomic E-state index is 0.114. The largest absolute Gasteiger partial charge is 0.406 e. The number of nitrogens with one attached hydrogen (secondary N) is 1. The minimum Gasteiger partial charge on any atom is -0.406 e. The molecule has 0 spiro atoms. The summed E-state index contributed by atoms with van der Waals surface area (Å²) in [5.74, 6) is 0.717. The Bertz CT molecular complexity index is 482. The van der Waals surface area contributed by atoms with E-state index in [0.717, 1.165) is 6.42 Å². The number of anilines is 1. The van der Waals surface area contributed by atoms with Crippen molar-refractivity contribution in [2.45, 2.75) is 31.8 Å². The molecule has 2 atom stereocenters. The number of rotatable bonds is 3. The summed E-state index contributed by atoms with van der Waals surface area (Å²) in [5.41, 5.74) is 5.58. The second-order valence-electron chi connectivity index (χ2n) is 4.33. The molecule has 0 bridgehead atoms. The van der Waals surface area contributed by atoms with E-state index in [1.807, 2.05) is 0 Å². The fraction of sp³-hybridized carbons (Fsp3) is 0.778. The number of nitrogens with two attached hydrogens (primary N) is 1. The molecule has 1 aromatic heterocycles. The van der Waals surface area contributed by atoms with Gasteiger partial charge >= 0.3 is 6.01 Å². The third kappa shape index (κ3) is 3.16. The lowest BCUT2D eigenvalue weighted by Gasteiger charge is -2.21. The van der Waals surface area contributed by atoms with Crippen molar-refractivity contribution < 1.29 is 12.8 Å². The van der Waals surface area contributed by atoms with Crippen molar-refractivity contribution >= 4 is 15.9 Å². The van der Waals surface area contributed by atoms with Crippen LogP contribution in [0.1, 0.15) is 31.7 Å². The third-order valence-corrected chi connectivity index (χ3v) is 4.44. The van der Waals surface area contributed by atoms with Gasteiger partial charge in [0.1, 0.15) is 0 Å². The first-order valence-corrected chi connectivity index (χ1v) is 7.34. The van der Waals surface area contributed by atoms with E-state index >= 15 is 0 Å². The summed E-state index contributed by atoms with van der Waals surface area (Å²) in [6, 6.07) is -0.248. The highest BCUT2D eigenvalue weighted by atomic mass is 32.2. The van der Waals surface area contributed by atoms with Crippen molar-refractivity contribution in [3.05, 3.63) is 5.89 Å². The molecule has 1 fully saturated rings.